The fourth-order valence-electron chi connectivity index (χ4n) is 3.98. The molecule has 0 N–H and O–H groups in total. The summed E-state index contributed by atoms with van der Waals surface area (Å²) in [5, 5.41) is 8.49. The van der Waals surface area contributed by atoms with Crippen molar-refractivity contribution in [1.82, 2.24) is 0 Å². The summed E-state index contributed by atoms with van der Waals surface area (Å²) in [6, 6.07) is 22.5. The first-order valence-corrected chi connectivity index (χ1v) is 8.69. The van der Waals surface area contributed by atoms with Crippen molar-refractivity contribution >= 4 is 32.3 Å². The van der Waals surface area contributed by atoms with Crippen molar-refractivity contribution in [3.05, 3.63) is 71.8 Å². The zero-order valence-corrected chi connectivity index (χ0v) is 13.9. The molecule has 0 saturated heterocycles. The van der Waals surface area contributed by atoms with Crippen LogP contribution in [0.25, 0.3) is 32.3 Å². The first-order chi connectivity index (χ1) is 11.3. The van der Waals surface area contributed by atoms with Gasteiger partial charge in [-0.05, 0) is 56.3 Å². The molecule has 0 radical (unpaired) electrons. The maximum atomic E-state index is 2.30. The second-order valence-electron chi connectivity index (χ2n) is 6.33. The van der Waals surface area contributed by atoms with Crippen LogP contribution >= 0.6 is 0 Å². The SMILES string of the molecule is CCCc1cccc2c3cccc(CC)c3c3ccccc3c12. The molecular formula is C23H22. The van der Waals surface area contributed by atoms with Gasteiger partial charge in [-0.1, -0.05) is 80.9 Å². The van der Waals surface area contributed by atoms with E-state index < -0.39 is 0 Å². The summed E-state index contributed by atoms with van der Waals surface area (Å²) in [6.07, 6.45) is 3.39. The van der Waals surface area contributed by atoms with Gasteiger partial charge in [0.2, 0.25) is 0 Å². The highest BCUT2D eigenvalue weighted by molar-refractivity contribution is 6.26. The molecule has 0 saturated carbocycles. The minimum Gasteiger partial charge on any atom is -0.0651 e. The summed E-state index contributed by atoms with van der Waals surface area (Å²) in [4.78, 5) is 0. The highest BCUT2D eigenvalue weighted by atomic mass is 14.2. The predicted molar refractivity (Wildman–Crippen MR) is 102 cm³/mol. The molecule has 4 aromatic rings. The average Bonchev–Trinajstić information content (AvgIpc) is 2.61. The second-order valence-corrected chi connectivity index (χ2v) is 6.33. The highest BCUT2D eigenvalue weighted by Gasteiger charge is 2.12. The molecule has 0 bridgehead atoms. The van der Waals surface area contributed by atoms with Gasteiger partial charge in [-0.15, -0.1) is 0 Å². The van der Waals surface area contributed by atoms with Crippen LogP contribution in [0, 0.1) is 0 Å². The summed E-state index contributed by atoms with van der Waals surface area (Å²) in [5.74, 6) is 0. The molecule has 0 aliphatic heterocycles. The summed E-state index contributed by atoms with van der Waals surface area (Å²) in [7, 11) is 0. The molecule has 0 fully saturated rings. The van der Waals surface area contributed by atoms with Crippen LogP contribution in [0.15, 0.2) is 60.7 Å². The number of hydrogen-bond donors (Lipinski definition) is 0. The fraction of sp³-hybridized carbons (Fsp3) is 0.217. The third-order valence-corrected chi connectivity index (χ3v) is 4.96. The Morgan fingerprint density at radius 3 is 1.57 bits per heavy atom. The maximum Gasteiger partial charge on any atom is -0.00668 e. The van der Waals surface area contributed by atoms with Crippen LogP contribution in [0.2, 0.25) is 0 Å². The van der Waals surface area contributed by atoms with Gasteiger partial charge in [0.25, 0.3) is 0 Å². The molecule has 0 amide bonds. The lowest BCUT2D eigenvalue weighted by Crippen LogP contribution is -1.92. The smallest absolute Gasteiger partial charge is 0.00668 e. The van der Waals surface area contributed by atoms with E-state index in [4.69, 9.17) is 0 Å². The molecule has 23 heavy (non-hydrogen) atoms. The standard InChI is InChI=1S/C23H22/c1-3-9-17-11-8-15-21-20-14-7-10-16(4-2)22(20)18-12-5-6-13-19(18)23(17)21/h5-8,10-15H,3-4,9H2,1-2H3. The summed E-state index contributed by atoms with van der Waals surface area (Å²) >= 11 is 0. The number of benzene rings is 4. The van der Waals surface area contributed by atoms with Crippen molar-refractivity contribution in [3.8, 4) is 0 Å². The van der Waals surface area contributed by atoms with Gasteiger partial charge in [0, 0.05) is 0 Å². The monoisotopic (exact) mass is 298 g/mol. The molecule has 4 aromatic carbocycles. The Morgan fingerprint density at radius 1 is 0.565 bits per heavy atom. The predicted octanol–water partition coefficient (Wildman–Crippen LogP) is 6.66. The summed E-state index contributed by atoms with van der Waals surface area (Å²) < 4.78 is 0. The van der Waals surface area contributed by atoms with E-state index in [1.54, 1.807) is 0 Å². The minimum atomic E-state index is 1.07. The topological polar surface area (TPSA) is 0 Å². The van der Waals surface area contributed by atoms with Gasteiger partial charge >= 0.3 is 0 Å². The van der Waals surface area contributed by atoms with Crippen LogP contribution in [0.3, 0.4) is 0 Å². The van der Waals surface area contributed by atoms with Gasteiger partial charge in [-0.2, -0.15) is 0 Å². The summed E-state index contributed by atoms with van der Waals surface area (Å²) in [5.41, 5.74) is 2.92. The van der Waals surface area contributed by atoms with Crippen molar-refractivity contribution in [2.24, 2.45) is 0 Å². The first-order valence-electron chi connectivity index (χ1n) is 8.69. The zero-order valence-electron chi connectivity index (χ0n) is 13.9. The molecule has 0 heteroatoms. The highest BCUT2D eigenvalue weighted by Crippen LogP contribution is 2.38. The molecule has 0 atom stereocenters. The van der Waals surface area contributed by atoms with E-state index in [0.717, 1.165) is 12.8 Å². The van der Waals surface area contributed by atoms with Gasteiger partial charge in [0.1, 0.15) is 0 Å². The number of fused-ring (bicyclic) bond motifs is 6. The van der Waals surface area contributed by atoms with Crippen LogP contribution in [0.1, 0.15) is 31.4 Å². The van der Waals surface area contributed by atoms with Crippen molar-refractivity contribution in [2.45, 2.75) is 33.1 Å². The fourth-order valence-corrected chi connectivity index (χ4v) is 3.98. The van der Waals surface area contributed by atoms with Gasteiger partial charge in [0.15, 0.2) is 0 Å². The number of rotatable bonds is 3. The summed E-state index contributed by atoms with van der Waals surface area (Å²) in [6.45, 7) is 4.51. The molecule has 114 valence electrons. The van der Waals surface area contributed by atoms with E-state index in [2.05, 4.69) is 74.5 Å². The largest absolute Gasteiger partial charge is 0.0651 e. The van der Waals surface area contributed by atoms with E-state index in [1.807, 2.05) is 0 Å². The van der Waals surface area contributed by atoms with E-state index in [0.29, 0.717) is 0 Å². The normalized spacial score (nSPS) is 11.6. The lowest BCUT2D eigenvalue weighted by Gasteiger charge is -2.15. The third-order valence-electron chi connectivity index (χ3n) is 4.96. The van der Waals surface area contributed by atoms with Gasteiger partial charge in [-0.3, -0.25) is 0 Å². The number of aryl methyl sites for hydroxylation is 2. The van der Waals surface area contributed by atoms with Crippen LogP contribution in [0.4, 0.5) is 0 Å². The second kappa shape index (κ2) is 5.70. The number of hydrogen-bond acceptors (Lipinski definition) is 0. The van der Waals surface area contributed by atoms with Crippen molar-refractivity contribution in [3.63, 3.8) is 0 Å². The van der Waals surface area contributed by atoms with E-state index in [9.17, 15) is 0 Å². The molecule has 0 heterocycles. The zero-order chi connectivity index (χ0) is 15.8. The van der Waals surface area contributed by atoms with E-state index in [1.165, 1.54) is 49.9 Å². The van der Waals surface area contributed by atoms with Crippen LogP contribution in [0.5, 0.6) is 0 Å². The Morgan fingerprint density at radius 2 is 1.04 bits per heavy atom. The molecule has 0 spiro atoms. The Bertz CT molecular complexity index is 969. The molecule has 0 unspecified atom stereocenters. The Hall–Kier alpha value is -2.34. The Balaban J connectivity index is 2.33. The van der Waals surface area contributed by atoms with Crippen LogP contribution in [-0.4, -0.2) is 0 Å². The minimum absolute atomic E-state index is 1.07. The van der Waals surface area contributed by atoms with Gasteiger partial charge in [-0.25, -0.2) is 0 Å². The lowest BCUT2D eigenvalue weighted by atomic mass is 9.88. The molecule has 0 aliphatic rings. The van der Waals surface area contributed by atoms with E-state index in [-0.39, 0.29) is 0 Å². The lowest BCUT2D eigenvalue weighted by molar-refractivity contribution is 0.930. The van der Waals surface area contributed by atoms with Crippen LogP contribution < -0.4 is 0 Å². The third kappa shape index (κ3) is 2.13. The Labute approximate surface area is 137 Å². The van der Waals surface area contributed by atoms with E-state index >= 15 is 0 Å². The van der Waals surface area contributed by atoms with Gasteiger partial charge < -0.3 is 0 Å². The molecular weight excluding hydrogens is 276 g/mol. The maximum absolute atomic E-state index is 2.30. The first kappa shape index (κ1) is 14.3. The molecule has 4 rings (SSSR count). The van der Waals surface area contributed by atoms with Crippen molar-refractivity contribution < 1.29 is 0 Å². The van der Waals surface area contributed by atoms with Crippen LogP contribution in [-0.2, 0) is 12.8 Å². The van der Waals surface area contributed by atoms with Gasteiger partial charge in [0.05, 0.1) is 0 Å². The molecule has 0 aliphatic carbocycles. The average molecular weight is 298 g/mol. The molecule has 0 aromatic heterocycles. The van der Waals surface area contributed by atoms with Crippen molar-refractivity contribution in [1.29, 1.82) is 0 Å². The Kier molecular flexibility index (Phi) is 3.53. The quantitative estimate of drug-likeness (QED) is 0.371. The molecule has 0 nitrogen and oxygen atoms in total. The van der Waals surface area contributed by atoms with Crippen molar-refractivity contribution in [2.75, 3.05) is 0 Å².